The molecule has 0 aliphatic carbocycles. The molecule has 0 spiro atoms. The Morgan fingerprint density at radius 3 is 2.85 bits per heavy atom. The van der Waals surface area contributed by atoms with Crippen LogP contribution in [0.15, 0.2) is 12.3 Å². The van der Waals surface area contributed by atoms with Gasteiger partial charge in [0.1, 0.15) is 0 Å². The number of nitrogens with one attached hydrogen (secondary N) is 1. The van der Waals surface area contributed by atoms with E-state index >= 15 is 0 Å². The second-order valence-electron chi connectivity index (χ2n) is 5.16. The summed E-state index contributed by atoms with van der Waals surface area (Å²) in [7, 11) is 1.87. The maximum Gasteiger partial charge on any atom is 0.257 e. The summed E-state index contributed by atoms with van der Waals surface area (Å²) in [5.74, 6) is 0.0281. The number of hydrogen-bond donors (Lipinski definition) is 1. The Kier molecular flexibility index (Phi) is 4.95. The highest BCUT2D eigenvalue weighted by Crippen LogP contribution is 2.21. The lowest BCUT2D eigenvalue weighted by Crippen LogP contribution is -2.40. The van der Waals surface area contributed by atoms with Crippen LogP contribution < -0.4 is 5.32 Å². The van der Waals surface area contributed by atoms with E-state index in [1.165, 1.54) is 0 Å². The maximum absolute atomic E-state index is 12.7. The molecule has 1 N–H and O–H groups in total. The van der Waals surface area contributed by atoms with Crippen LogP contribution in [-0.4, -0.2) is 48.6 Å². The summed E-state index contributed by atoms with van der Waals surface area (Å²) in [5.41, 5.74) is 2.42. The molecule has 2 heterocycles. The van der Waals surface area contributed by atoms with Gasteiger partial charge in [-0.1, -0.05) is 0 Å². The van der Waals surface area contributed by atoms with E-state index in [0.717, 1.165) is 44.0 Å². The van der Waals surface area contributed by atoms with Gasteiger partial charge in [-0.2, -0.15) is 0 Å². The summed E-state index contributed by atoms with van der Waals surface area (Å²) in [4.78, 5) is 18.7. The molecule has 0 aromatic carbocycles. The van der Waals surface area contributed by atoms with Gasteiger partial charge in [0.15, 0.2) is 0 Å². The third kappa shape index (κ3) is 3.28. The molecule has 110 valence electrons. The van der Waals surface area contributed by atoms with Gasteiger partial charge in [-0.3, -0.25) is 9.78 Å². The van der Waals surface area contributed by atoms with E-state index in [2.05, 4.69) is 10.3 Å². The van der Waals surface area contributed by atoms with Crippen LogP contribution in [-0.2, 0) is 4.74 Å². The van der Waals surface area contributed by atoms with Crippen molar-refractivity contribution in [3.8, 4) is 0 Å². The largest absolute Gasteiger partial charge is 0.385 e. The Morgan fingerprint density at radius 2 is 2.20 bits per heavy atom. The van der Waals surface area contributed by atoms with Gasteiger partial charge in [-0.05, 0) is 32.8 Å². The Bertz CT molecular complexity index is 470. The lowest BCUT2D eigenvalue weighted by molar-refractivity contribution is 0.0362. The number of anilines is 1. The van der Waals surface area contributed by atoms with Crippen molar-refractivity contribution >= 4 is 11.6 Å². The van der Waals surface area contributed by atoms with E-state index in [-0.39, 0.29) is 11.9 Å². The van der Waals surface area contributed by atoms with E-state index in [4.69, 9.17) is 4.74 Å². The van der Waals surface area contributed by atoms with Crippen molar-refractivity contribution in [3.05, 3.63) is 23.5 Å². The van der Waals surface area contributed by atoms with E-state index < -0.39 is 0 Å². The lowest BCUT2D eigenvalue weighted by Gasteiger charge is -2.31. The van der Waals surface area contributed by atoms with Crippen LogP contribution in [0.25, 0.3) is 0 Å². The first-order valence-electron chi connectivity index (χ1n) is 7.19. The second-order valence-corrected chi connectivity index (χ2v) is 5.16. The normalized spacial score (nSPS) is 15.9. The SMILES string of the molecule is CCNc1cc(C)ncc1C(=O)N(C)C1CCOCC1. The molecule has 0 saturated carbocycles. The van der Waals surface area contributed by atoms with Crippen LogP contribution in [0.4, 0.5) is 5.69 Å². The molecule has 0 radical (unpaired) electrons. The fraction of sp³-hybridized carbons (Fsp3) is 0.600. The number of hydrogen-bond acceptors (Lipinski definition) is 4. The molecule has 0 bridgehead atoms. The van der Waals surface area contributed by atoms with Gasteiger partial charge in [-0.25, -0.2) is 0 Å². The monoisotopic (exact) mass is 277 g/mol. The van der Waals surface area contributed by atoms with Crippen LogP contribution in [0, 0.1) is 6.92 Å². The van der Waals surface area contributed by atoms with Crippen LogP contribution in [0.5, 0.6) is 0 Å². The summed E-state index contributed by atoms with van der Waals surface area (Å²) in [6, 6.07) is 2.18. The third-order valence-electron chi connectivity index (χ3n) is 3.70. The number of ether oxygens (including phenoxy) is 1. The summed E-state index contributed by atoms with van der Waals surface area (Å²) in [6.45, 7) is 6.19. The smallest absolute Gasteiger partial charge is 0.257 e. The Balaban J connectivity index is 2.18. The van der Waals surface area contributed by atoms with Gasteiger partial charge in [0.25, 0.3) is 5.91 Å². The van der Waals surface area contributed by atoms with Crippen molar-refractivity contribution in [2.45, 2.75) is 32.7 Å². The molecule has 20 heavy (non-hydrogen) atoms. The molecule has 1 aromatic heterocycles. The first-order chi connectivity index (χ1) is 9.63. The number of carbonyl (C=O) groups excluding carboxylic acids is 1. The number of rotatable bonds is 4. The van der Waals surface area contributed by atoms with E-state index in [9.17, 15) is 4.79 Å². The van der Waals surface area contributed by atoms with Crippen molar-refractivity contribution < 1.29 is 9.53 Å². The van der Waals surface area contributed by atoms with Crippen LogP contribution in [0.3, 0.4) is 0 Å². The van der Waals surface area contributed by atoms with Crippen LogP contribution >= 0.6 is 0 Å². The van der Waals surface area contributed by atoms with Gasteiger partial charge in [0.05, 0.1) is 11.3 Å². The minimum Gasteiger partial charge on any atom is -0.385 e. The van der Waals surface area contributed by atoms with Gasteiger partial charge >= 0.3 is 0 Å². The maximum atomic E-state index is 12.7. The number of amides is 1. The van der Waals surface area contributed by atoms with E-state index in [0.29, 0.717) is 5.56 Å². The highest BCUT2D eigenvalue weighted by atomic mass is 16.5. The molecule has 1 aromatic rings. The molecule has 0 atom stereocenters. The summed E-state index contributed by atoms with van der Waals surface area (Å²) in [6.07, 6.45) is 3.47. The molecule has 5 heteroatoms. The third-order valence-corrected chi connectivity index (χ3v) is 3.70. The Morgan fingerprint density at radius 1 is 1.50 bits per heavy atom. The van der Waals surface area contributed by atoms with Gasteiger partial charge in [-0.15, -0.1) is 0 Å². The quantitative estimate of drug-likeness (QED) is 0.915. The zero-order chi connectivity index (χ0) is 14.5. The molecule has 1 aliphatic heterocycles. The number of aromatic nitrogens is 1. The van der Waals surface area contributed by atoms with Gasteiger partial charge < -0.3 is 15.0 Å². The first-order valence-corrected chi connectivity index (χ1v) is 7.19. The minimum absolute atomic E-state index is 0.0281. The molecular formula is C15H23N3O2. The highest BCUT2D eigenvalue weighted by molar-refractivity contribution is 5.99. The fourth-order valence-electron chi connectivity index (χ4n) is 2.50. The number of pyridine rings is 1. The van der Waals surface area contributed by atoms with E-state index in [1.54, 1.807) is 6.20 Å². The molecule has 1 saturated heterocycles. The molecule has 1 fully saturated rings. The van der Waals surface area contributed by atoms with Crippen molar-refractivity contribution in [2.75, 3.05) is 32.1 Å². The summed E-state index contributed by atoms with van der Waals surface area (Å²) < 4.78 is 5.35. The topological polar surface area (TPSA) is 54.5 Å². The fourth-order valence-corrected chi connectivity index (χ4v) is 2.50. The summed E-state index contributed by atoms with van der Waals surface area (Å²) in [5, 5.41) is 3.24. The zero-order valence-electron chi connectivity index (χ0n) is 12.5. The molecule has 1 amide bonds. The van der Waals surface area contributed by atoms with Crippen molar-refractivity contribution in [2.24, 2.45) is 0 Å². The van der Waals surface area contributed by atoms with Gasteiger partial charge in [0.2, 0.25) is 0 Å². The second kappa shape index (κ2) is 6.70. The first kappa shape index (κ1) is 14.8. The Hall–Kier alpha value is -1.62. The van der Waals surface area contributed by atoms with E-state index in [1.807, 2.05) is 31.9 Å². The van der Waals surface area contributed by atoms with Gasteiger partial charge in [0, 0.05) is 44.7 Å². The minimum atomic E-state index is 0.0281. The molecule has 5 nitrogen and oxygen atoms in total. The van der Waals surface area contributed by atoms with Crippen LogP contribution in [0.1, 0.15) is 35.8 Å². The molecular weight excluding hydrogens is 254 g/mol. The molecule has 1 aliphatic rings. The zero-order valence-corrected chi connectivity index (χ0v) is 12.5. The predicted octanol–water partition coefficient (Wildman–Crippen LogP) is 2.07. The number of carbonyl (C=O) groups is 1. The summed E-state index contributed by atoms with van der Waals surface area (Å²) >= 11 is 0. The van der Waals surface area contributed by atoms with Crippen molar-refractivity contribution in [1.82, 2.24) is 9.88 Å². The van der Waals surface area contributed by atoms with Crippen molar-refractivity contribution in [1.29, 1.82) is 0 Å². The molecule has 0 unspecified atom stereocenters. The van der Waals surface area contributed by atoms with Crippen molar-refractivity contribution in [3.63, 3.8) is 0 Å². The number of nitrogens with zero attached hydrogens (tertiary/aromatic N) is 2. The average Bonchev–Trinajstić information content (AvgIpc) is 2.47. The Labute approximate surface area is 120 Å². The number of aryl methyl sites for hydroxylation is 1. The molecule has 2 rings (SSSR count). The lowest BCUT2D eigenvalue weighted by atomic mass is 10.1. The highest BCUT2D eigenvalue weighted by Gasteiger charge is 2.25. The standard InChI is InChI=1S/C15H23N3O2/c1-4-16-14-9-11(2)17-10-13(14)15(19)18(3)12-5-7-20-8-6-12/h9-10,12H,4-8H2,1-3H3,(H,16,17). The van der Waals surface area contributed by atoms with Crippen LogP contribution in [0.2, 0.25) is 0 Å². The predicted molar refractivity (Wildman–Crippen MR) is 79.1 cm³/mol. The average molecular weight is 277 g/mol.